The van der Waals surface area contributed by atoms with Crippen molar-refractivity contribution in [3.8, 4) is 5.75 Å². The SMILES string of the molecule is COc1ccc(C)cc1C(CC(=O)N1CCC(C)CC1)C(=O)O. The minimum atomic E-state index is -0.993. The highest BCUT2D eigenvalue weighted by atomic mass is 16.5. The number of hydrogen-bond acceptors (Lipinski definition) is 3. The molecule has 1 atom stereocenters. The van der Waals surface area contributed by atoms with Crippen LogP contribution in [0.15, 0.2) is 18.2 Å². The Morgan fingerprint density at radius 3 is 2.57 bits per heavy atom. The topological polar surface area (TPSA) is 66.8 Å². The lowest BCUT2D eigenvalue weighted by molar-refractivity contribution is -0.143. The van der Waals surface area contributed by atoms with Crippen molar-refractivity contribution in [2.75, 3.05) is 20.2 Å². The summed E-state index contributed by atoms with van der Waals surface area (Å²) in [6, 6.07) is 5.42. The molecule has 5 nitrogen and oxygen atoms in total. The Labute approximate surface area is 137 Å². The van der Waals surface area contributed by atoms with Crippen LogP contribution in [0.4, 0.5) is 0 Å². The summed E-state index contributed by atoms with van der Waals surface area (Å²) in [6.07, 6.45) is 1.94. The van der Waals surface area contributed by atoms with Crippen molar-refractivity contribution in [2.45, 2.75) is 39.0 Å². The normalized spacial score (nSPS) is 16.9. The fourth-order valence-corrected chi connectivity index (χ4v) is 3.02. The smallest absolute Gasteiger partial charge is 0.311 e. The molecule has 126 valence electrons. The third kappa shape index (κ3) is 4.24. The van der Waals surface area contributed by atoms with Gasteiger partial charge >= 0.3 is 5.97 Å². The van der Waals surface area contributed by atoms with Crippen molar-refractivity contribution in [1.82, 2.24) is 4.90 Å². The first-order chi connectivity index (χ1) is 10.9. The number of carbonyl (C=O) groups excluding carboxylic acids is 1. The minimum absolute atomic E-state index is 0.0243. The lowest BCUT2D eigenvalue weighted by Crippen LogP contribution is -2.39. The monoisotopic (exact) mass is 319 g/mol. The number of nitrogens with zero attached hydrogens (tertiary/aromatic N) is 1. The molecule has 5 heteroatoms. The molecule has 0 saturated carbocycles. The maximum Gasteiger partial charge on any atom is 0.311 e. The molecular formula is C18H25NO4. The first-order valence-corrected chi connectivity index (χ1v) is 8.07. The number of rotatable bonds is 5. The first-order valence-electron chi connectivity index (χ1n) is 8.07. The van der Waals surface area contributed by atoms with Crippen molar-refractivity contribution in [1.29, 1.82) is 0 Å². The van der Waals surface area contributed by atoms with Crippen molar-refractivity contribution >= 4 is 11.9 Å². The highest BCUT2D eigenvalue weighted by Gasteiger charge is 2.29. The van der Waals surface area contributed by atoms with Gasteiger partial charge in [0.2, 0.25) is 5.91 Å². The third-order valence-electron chi connectivity index (χ3n) is 4.57. The molecule has 2 rings (SSSR count). The van der Waals surface area contributed by atoms with E-state index in [0.29, 0.717) is 17.2 Å². The van der Waals surface area contributed by atoms with Crippen LogP contribution in [0.3, 0.4) is 0 Å². The molecule has 1 heterocycles. The van der Waals surface area contributed by atoms with Gasteiger partial charge in [0, 0.05) is 25.1 Å². The second-order valence-electron chi connectivity index (χ2n) is 6.40. The summed E-state index contributed by atoms with van der Waals surface area (Å²) >= 11 is 0. The van der Waals surface area contributed by atoms with E-state index in [9.17, 15) is 14.7 Å². The molecule has 1 saturated heterocycles. The predicted molar refractivity (Wildman–Crippen MR) is 87.7 cm³/mol. The van der Waals surface area contributed by atoms with Crippen molar-refractivity contribution in [2.24, 2.45) is 5.92 Å². The number of likely N-dealkylation sites (tertiary alicyclic amines) is 1. The van der Waals surface area contributed by atoms with Crippen LogP contribution in [-0.4, -0.2) is 42.1 Å². The maximum absolute atomic E-state index is 12.5. The molecule has 1 unspecified atom stereocenters. The van der Waals surface area contributed by atoms with Gasteiger partial charge in [-0.1, -0.05) is 24.6 Å². The van der Waals surface area contributed by atoms with Crippen LogP contribution < -0.4 is 4.74 Å². The van der Waals surface area contributed by atoms with Gasteiger partial charge in [-0.2, -0.15) is 0 Å². The molecule has 1 aromatic rings. The molecule has 0 aromatic heterocycles. The summed E-state index contributed by atoms with van der Waals surface area (Å²) in [5.74, 6) is -0.813. The Morgan fingerprint density at radius 1 is 1.35 bits per heavy atom. The zero-order chi connectivity index (χ0) is 17.0. The van der Waals surface area contributed by atoms with Gasteiger partial charge in [-0.15, -0.1) is 0 Å². The first kappa shape index (κ1) is 17.3. The van der Waals surface area contributed by atoms with E-state index < -0.39 is 11.9 Å². The lowest BCUT2D eigenvalue weighted by Gasteiger charge is -2.31. The summed E-state index contributed by atoms with van der Waals surface area (Å²) in [4.78, 5) is 26.0. The molecule has 0 aliphatic carbocycles. The molecule has 1 amide bonds. The number of amides is 1. The lowest BCUT2D eigenvalue weighted by atomic mass is 9.92. The summed E-state index contributed by atoms with van der Waals surface area (Å²) < 4.78 is 5.28. The van der Waals surface area contributed by atoms with E-state index in [1.807, 2.05) is 13.0 Å². The second-order valence-corrected chi connectivity index (χ2v) is 6.40. The zero-order valence-corrected chi connectivity index (χ0v) is 14.0. The summed E-state index contributed by atoms with van der Waals surface area (Å²) in [5.41, 5.74) is 1.52. The van der Waals surface area contributed by atoms with E-state index in [0.717, 1.165) is 31.5 Å². The van der Waals surface area contributed by atoms with Crippen LogP contribution in [0, 0.1) is 12.8 Å². The third-order valence-corrected chi connectivity index (χ3v) is 4.57. The summed E-state index contributed by atoms with van der Waals surface area (Å²) in [5, 5.41) is 9.60. The van der Waals surface area contributed by atoms with Gasteiger partial charge in [0.05, 0.1) is 13.0 Å². The molecule has 0 spiro atoms. The van der Waals surface area contributed by atoms with Gasteiger partial charge in [0.15, 0.2) is 0 Å². The number of methoxy groups -OCH3 is 1. The predicted octanol–water partition coefficient (Wildman–Crippen LogP) is 2.82. The largest absolute Gasteiger partial charge is 0.496 e. The summed E-state index contributed by atoms with van der Waals surface area (Å²) in [6.45, 7) is 5.52. The number of aliphatic carboxylic acids is 1. The van der Waals surface area contributed by atoms with Crippen LogP contribution >= 0.6 is 0 Å². The number of piperidine rings is 1. The zero-order valence-electron chi connectivity index (χ0n) is 14.0. The van der Waals surface area contributed by atoms with Crippen molar-refractivity contribution < 1.29 is 19.4 Å². The Bertz CT molecular complexity index is 576. The highest BCUT2D eigenvalue weighted by molar-refractivity contribution is 5.86. The average molecular weight is 319 g/mol. The average Bonchev–Trinajstić information content (AvgIpc) is 2.52. The molecule has 1 aliphatic heterocycles. The number of carboxylic acids is 1. The van der Waals surface area contributed by atoms with Crippen LogP contribution in [0.25, 0.3) is 0 Å². The fourth-order valence-electron chi connectivity index (χ4n) is 3.02. The van der Waals surface area contributed by atoms with E-state index in [1.54, 1.807) is 17.0 Å². The Kier molecular flexibility index (Phi) is 5.64. The number of aryl methyl sites for hydroxylation is 1. The van der Waals surface area contributed by atoms with E-state index in [-0.39, 0.29) is 12.3 Å². The van der Waals surface area contributed by atoms with E-state index in [1.165, 1.54) is 7.11 Å². The number of benzene rings is 1. The van der Waals surface area contributed by atoms with Crippen LogP contribution in [0.1, 0.15) is 43.2 Å². The van der Waals surface area contributed by atoms with Crippen molar-refractivity contribution in [3.05, 3.63) is 29.3 Å². The van der Waals surface area contributed by atoms with Gasteiger partial charge in [0.25, 0.3) is 0 Å². The Balaban J connectivity index is 2.18. The number of carboxylic acid groups (broad SMARTS) is 1. The molecule has 0 radical (unpaired) electrons. The summed E-state index contributed by atoms with van der Waals surface area (Å²) in [7, 11) is 1.51. The number of hydrogen-bond donors (Lipinski definition) is 1. The van der Waals surface area contributed by atoms with Gasteiger partial charge in [-0.05, 0) is 31.7 Å². The molecule has 23 heavy (non-hydrogen) atoms. The van der Waals surface area contributed by atoms with Crippen LogP contribution in [0.5, 0.6) is 5.75 Å². The van der Waals surface area contributed by atoms with E-state index >= 15 is 0 Å². The van der Waals surface area contributed by atoms with Gasteiger partial charge in [-0.3, -0.25) is 9.59 Å². The van der Waals surface area contributed by atoms with Gasteiger partial charge in [0.1, 0.15) is 5.75 Å². The fraction of sp³-hybridized carbons (Fsp3) is 0.556. The van der Waals surface area contributed by atoms with Crippen LogP contribution in [-0.2, 0) is 9.59 Å². The minimum Gasteiger partial charge on any atom is -0.496 e. The van der Waals surface area contributed by atoms with Gasteiger partial charge < -0.3 is 14.7 Å². The molecule has 1 aliphatic rings. The number of ether oxygens (including phenoxy) is 1. The molecule has 1 N–H and O–H groups in total. The Morgan fingerprint density at radius 2 is 2.00 bits per heavy atom. The van der Waals surface area contributed by atoms with E-state index in [2.05, 4.69) is 6.92 Å². The Hall–Kier alpha value is -2.04. The molecular weight excluding hydrogens is 294 g/mol. The van der Waals surface area contributed by atoms with Crippen LogP contribution in [0.2, 0.25) is 0 Å². The second kappa shape index (κ2) is 7.49. The van der Waals surface area contributed by atoms with E-state index in [4.69, 9.17) is 4.74 Å². The highest BCUT2D eigenvalue weighted by Crippen LogP contribution is 2.31. The molecule has 0 bridgehead atoms. The quantitative estimate of drug-likeness (QED) is 0.906. The van der Waals surface area contributed by atoms with Gasteiger partial charge in [-0.25, -0.2) is 0 Å². The number of carbonyl (C=O) groups is 2. The maximum atomic E-state index is 12.5. The van der Waals surface area contributed by atoms with Crippen molar-refractivity contribution in [3.63, 3.8) is 0 Å². The molecule has 1 aromatic carbocycles. The standard InChI is InChI=1S/C18H25NO4/c1-12-6-8-19(9-7-12)17(20)11-15(18(21)22)14-10-13(2)4-5-16(14)23-3/h4-5,10,12,15H,6-9,11H2,1-3H3,(H,21,22). The molecule has 1 fully saturated rings.